The summed E-state index contributed by atoms with van der Waals surface area (Å²) in [5.74, 6) is 1.01. The molecule has 1 aromatic carbocycles. The van der Waals surface area contributed by atoms with Crippen molar-refractivity contribution in [1.82, 2.24) is 4.90 Å². The number of hydrogen-bond donors (Lipinski definition) is 1. The van der Waals surface area contributed by atoms with E-state index in [1.165, 1.54) is 6.08 Å². The van der Waals surface area contributed by atoms with Gasteiger partial charge in [0.2, 0.25) is 0 Å². The normalized spacial score (nSPS) is 15.8. The lowest BCUT2D eigenvalue weighted by molar-refractivity contribution is -0.117. The average Bonchev–Trinajstić information content (AvgIpc) is 3.08. The third-order valence-corrected chi connectivity index (χ3v) is 8.23. The highest BCUT2D eigenvalue weighted by Gasteiger charge is 2.25. The zero-order valence-electron chi connectivity index (χ0n) is 30.9. The molecule has 1 aliphatic carbocycles. The number of ether oxygens (including phenoxy) is 1. The van der Waals surface area contributed by atoms with Crippen molar-refractivity contribution in [2.75, 3.05) is 34.3 Å². The second-order valence-electron chi connectivity index (χ2n) is 11.9. The van der Waals surface area contributed by atoms with Crippen LogP contribution < -0.4 is 5.73 Å². The van der Waals surface area contributed by atoms with E-state index >= 15 is 4.39 Å². The molecule has 0 saturated carbocycles. The molecule has 1 aromatic rings. The van der Waals surface area contributed by atoms with Gasteiger partial charge in [-0.15, -0.1) is 12.4 Å². The zero-order valence-corrected chi connectivity index (χ0v) is 31.8. The van der Waals surface area contributed by atoms with Gasteiger partial charge in [0.05, 0.1) is 25.3 Å². The van der Waals surface area contributed by atoms with Crippen molar-refractivity contribution < 1.29 is 13.9 Å². The number of halogens is 2. The third kappa shape index (κ3) is 14.0. The molecule has 0 fully saturated rings. The van der Waals surface area contributed by atoms with Gasteiger partial charge in [-0.25, -0.2) is 14.4 Å². The van der Waals surface area contributed by atoms with E-state index in [9.17, 15) is 4.79 Å². The number of aliphatic imine (C=N–C) groups is 3. The van der Waals surface area contributed by atoms with Crippen LogP contribution in [0.5, 0.6) is 0 Å². The summed E-state index contributed by atoms with van der Waals surface area (Å²) in [6.07, 6.45) is 8.52. The summed E-state index contributed by atoms with van der Waals surface area (Å²) in [6.45, 7) is 21.5. The summed E-state index contributed by atoms with van der Waals surface area (Å²) in [5.41, 5.74) is 10.5. The fourth-order valence-corrected chi connectivity index (χ4v) is 5.28. The molecule has 1 aliphatic rings. The molecule has 0 radical (unpaired) electrons. The smallest absolute Gasteiger partial charge is 0.191 e. The number of methoxy groups -OCH3 is 1. The first kappa shape index (κ1) is 44.6. The van der Waals surface area contributed by atoms with E-state index < -0.39 is 5.92 Å². The predicted molar refractivity (Wildman–Crippen MR) is 206 cm³/mol. The van der Waals surface area contributed by atoms with E-state index in [1.807, 2.05) is 31.9 Å². The van der Waals surface area contributed by atoms with E-state index in [4.69, 9.17) is 20.5 Å². The standard InChI is InChI=1S/C37H54FN5O2.C2H6.ClH/c1-10-13-35(25(3)4)42-36(40-7)30-17-15-28(16-18-30)22-29(11-2)37(45-9)41-26(5)31-19-20-33(34(38)23-31)27(6)43(8)21-12-14-32(44)24-39;1-2;/h15-19,23,25,29,33H,5-6,10-14,20-22,24,39H2,1-4,7-9H3;1-2H3;1H. The van der Waals surface area contributed by atoms with E-state index in [0.717, 1.165) is 48.4 Å². The van der Waals surface area contributed by atoms with Crippen LogP contribution in [0.3, 0.4) is 0 Å². The maximum absolute atomic E-state index is 15.3. The molecule has 0 bridgehead atoms. The number of Topliss-reactive ketones (excluding diaryl/α,β-unsaturated/α-hetero) is 1. The van der Waals surface area contributed by atoms with Gasteiger partial charge in [-0.1, -0.05) is 91.5 Å². The molecule has 9 heteroatoms. The van der Waals surface area contributed by atoms with E-state index in [2.05, 4.69) is 70.1 Å². The van der Waals surface area contributed by atoms with Crippen molar-refractivity contribution in [1.29, 1.82) is 0 Å². The molecule has 0 aromatic heterocycles. The first-order valence-corrected chi connectivity index (χ1v) is 17.1. The fourth-order valence-electron chi connectivity index (χ4n) is 5.28. The fraction of sp³-hybridized carbons (Fsp3) is 0.538. The van der Waals surface area contributed by atoms with Crippen LogP contribution in [0.15, 0.2) is 87.3 Å². The molecular formula is C39H61ClFN5O2. The molecule has 2 N–H and O–H groups in total. The second kappa shape index (κ2) is 23.9. The van der Waals surface area contributed by atoms with Crippen LogP contribution in [-0.2, 0) is 16.0 Å². The van der Waals surface area contributed by atoms with E-state index in [-0.39, 0.29) is 36.5 Å². The number of hydrogen-bond acceptors (Lipinski definition) is 6. The van der Waals surface area contributed by atoms with Gasteiger partial charge in [-0.3, -0.25) is 9.79 Å². The number of nitrogens with two attached hydrogens (primary N) is 1. The molecule has 7 nitrogen and oxygen atoms in total. The van der Waals surface area contributed by atoms with Gasteiger partial charge in [0.15, 0.2) is 11.7 Å². The Morgan fingerprint density at radius 2 is 1.77 bits per heavy atom. The number of nitrogens with zero attached hydrogens (tertiary/aromatic N) is 4. The van der Waals surface area contributed by atoms with Gasteiger partial charge in [-0.05, 0) is 55.2 Å². The Morgan fingerprint density at radius 3 is 2.27 bits per heavy atom. The van der Waals surface area contributed by atoms with Crippen molar-refractivity contribution in [3.05, 3.63) is 83.5 Å². The second-order valence-corrected chi connectivity index (χ2v) is 11.9. The minimum absolute atomic E-state index is 0. The summed E-state index contributed by atoms with van der Waals surface area (Å²) in [4.78, 5) is 27.5. The lowest BCUT2D eigenvalue weighted by Crippen LogP contribution is -2.26. The molecule has 0 spiro atoms. The number of allylic oxidation sites excluding steroid dienone is 3. The van der Waals surface area contributed by atoms with Crippen molar-refractivity contribution in [3.63, 3.8) is 0 Å². The third-order valence-electron chi connectivity index (χ3n) is 8.23. The van der Waals surface area contributed by atoms with Crippen molar-refractivity contribution >= 4 is 35.6 Å². The lowest BCUT2D eigenvalue weighted by atomic mass is 9.91. The summed E-state index contributed by atoms with van der Waals surface area (Å²) in [7, 11) is 5.27. The van der Waals surface area contributed by atoms with Crippen LogP contribution >= 0.6 is 12.4 Å². The Hall–Kier alpha value is -3.36. The topological polar surface area (TPSA) is 92.6 Å². The van der Waals surface area contributed by atoms with Crippen molar-refractivity contribution in [3.8, 4) is 0 Å². The Balaban J connectivity index is 0.00000722. The molecule has 0 aliphatic heterocycles. The number of benzene rings is 1. The van der Waals surface area contributed by atoms with E-state index in [0.29, 0.717) is 54.6 Å². The molecule has 2 rings (SSSR count). The predicted octanol–water partition coefficient (Wildman–Crippen LogP) is 9.09. The first-order valence-electron chi connectivity index (χ1n) is 17.1. The first-order chi connectivity index (χ1) is 22.5. The van der Waals surface area contributed by atoms with Crippen LogP contribution in [-0.4, -0.2) is 62.4 Å². The quantitative estimate of drug-likeness (QED) is 0.131. The number of carbonyl (C=O) groups is 1. The zero-order chi connectivity index (χ0) is 35.5. The molecule has 2 atom stereocenters. The highest BCUT2D eigenvalue weighted by Crippen LogP contribution is 2.34. The Morgan fingerprint density at radius 1 is 1.12 bits per heavy atom. The Labute approximate surface area is 296 Å². The van der Waals surface area contributed by atoms with Gasteiger partial charge in [-0.2, -0.15) is 0 Å². The largest absolute Gasteiger partial charge is 0.484 e. The highest BCUT2D eigenvalue weighted by atomic mass is 35.5. The van der Waals surface area contributed by atoms with Crippen LogP contribution in [0.2, 0.25) is 0 Å². The number of amidine groups is 1. The number of carbonyl (C=O) groups excluding carboxylic acids is 1. The van der Waals surface area contributed by atoms with Gasteiger partial charge in [0.1, 0.15) is 11.6 Å². The van der Waals surface area contributed by atoms with Crippen molar-refractivity contribution in [2.24, 2.45) is 38.5 Å². The maximum atomic E-state index is 15.3. The van der Waals surface area contributed by atoms with Gasteiger partial charge in [0, 0.05) is 50.0 Å². The molecular weight excluding hydrogens is 625 g/mol. The van der Waals surface area contributed by atoms with Crippen LogP contribution in [0, 0.1) is 17.8 Å². The molecule has 48 heavy (non-hydrogen) atoms. The van der Waals surface area contributed by atoms with Gasteiger partial charge in [0.25, 0.3) is 0 Å². The van der Waals surface area contributed by atoms with Crippen molar-refractivity contribution in [2.45, 2.75) is 86.5 Å². The average molecular weight is 686 g/mol. The highest BCUT2D eigenvalue weighted by molar-refractivity contribution is 6.07. The number of ketones is 1. The summed E-state index contributed by atoms with van der Waals surface area (Å²) >= 11 is 0. The summed E-state index contributed by atoms with van der Waals surface area (Å²) in [6, 6.07) is 8.36. The minimum atomic E-state index is -0.457. The lowest BCUT2D eigenvalue weighted by Gasteiger charge is -2.29. The monoisotopic (exact) mass is 685 g/mol. The van der Waals surface area contributed by atoms with Crippen LogP contribution in [0.1, 0.15) is 91.2 Å². The van der Waals surface area contributed by atoms with Gasteiger partial charge >= 0.3 is 0 Å². The van der Waals surface area contributed by atoms with E-state index in [1.54, 1.807) is 14.2 Å². The SMILES string of the molecule is C=C(N=C(OC)C(CC)Cc1ccc(C(=NC)N=C(CCC)C(C)C)cc1)C1=CCC(C(=C)N(C)CCCC(=O)CN)C(F)=C1.CC.Cl. The summed E-state index contributed by atoms with van der Waals surface area (Å²) < 4.78 is 21.0. The van der Waals surface area contributed by atoms with Crippen LogP contribution in [0.25, 0.3) is 0 Å². The molecule has 268 valence electrons. The molecule has 0 heterocycles. The van der Waals surface area contributed by atoms with Gasteiger partial charge < -0.3 is 15.4 Å². The summed E-state index contributed by atoms with van der Waals surface area (Å²) in [5, 5.41) is 0. The molecule has 0 amide bonds. The Kier molecular flexibility index (Phi) is 22.2. The van der Waals surface area contributed by atoms with Crippen LogP contribution in [0.4, 0.5) is 4.39 Å². The molecule has 2 unspecified atom stereocenters. The Bertz CT molecular complexity index is 1330. The maximum Gasteiger partial charge on any atom is 0.191 e. The number of rotatable bonds is 17. The minimum Gasteiger partial charge on any atom is -0.484 e. The molecule has 0 saturated heterocycles.